The maximum atomic E-state index is 11.0. The van der Waals surface area contributed by atoms with Gasteiger partial charge < -0.3 is 11.1 Å². The van der Waals surface area contributed by atoms with Crippen molar-refractivity contribution < 1.29 is 13.2 Å². The van der Waals surface area contributed by atoms with Crippen molar-refractivity contribution in [3.8, 4) is 0 Å². The van der Waals surface area contributed by atoms with Gasteiger partial charge in [0.25, 0.3) is 0 Å². The molecule has 0 saturated carbocycles. The summed E-state index contributed by atoms with van der Waals surface area (Å²) in [5, 5.41) is 2.43. The number of nitrogens with two attached hydrogens (primary N) is 1. The van der Waals surface area contributed by atoms with Crippen LogP contribution in [0.1, 0.15) is 13.8 Å². The van der Waals surface area contributed by atoms with Gasteiger partial charge >= 0.3 is 0 Å². The second-order valence-corrected chi connectivity index (χ2v) is 5.29. The van der Waals surface area contributed by atoms with Gasteiger partial charge in [-0.1, -0.05) is 6.92 Å². The van der Waals surface area contributed by atoms with E-state index >= 15 is 0 Å². The predicted molar refractivity (Wildman–Crippen MR) is 51.0 cm³/mol. The molecule has 13 heavy (non-hydrogen) atoms. The molecule has 0 rings (SSSR count). The van der Waals surface area contributed by atoms with E-state index < -0.39 is 15.9 Å². The highest BCUT2D eigenvalue weighted by Gasteiger charge is 2.10. The summed E-state index contributed by atoms with van der Waals surface area (Å²) in [6.45, 7) is 3.25. The number of rotatable bonds is 5. The first-order valence-corrected chi connectivity index (χ1v) is 5.95. The lowest BCUT2D eigenvalue weighted by atomic mass is 10.3. The summed E-state index contributed by atoms with van der Waals surface area (Å²) in [4.78, 5) is 10.9. The molecule has 0 saturated heterocycles. The Morgan fingerprint density at radius 3 is 2.46 bits per heavy atom. The van der Waals surface area contributed by atoms with Crippen molar-refractivity contribution in [2.45, 2.75) is 19.9 Å². The Labute approximate surface area is 78.6 Å². The first-order chi connectivity index (χ1) is 5.89. The van der Waals surface area contributed by atoms with Crippen molar-refractivity contribution in [2.24, 2.45) is 5.73 Å². The number of hydrogen-bond acceptors (Lipinski definition) is 4. The molecule has 0 unspecified atom stereocenters. The first-order valence-electron chi connectivity index (χ1n) is 4.12. The molecule has 0 aromatic rings. The Balaban J connectivity index is 3.76. The van der Waals surface area contributed by atoms with E-state index in [2.05, 4.69) is 5.32 Å². The van der Waals surface area contributed by atoms with Crippen LogP contribution in [0.2, 0.25) is 0 Å². The van der Waals surface area contributed by atoms with Gasteiger partial charge in [-0.15, -0.1) is 0 Å². The predicted octanol–water partition coefficient (Wildman–Crippen LogP) is -1.12. The highest BCUT2D eigenvalue weighted by atomic mass is 32.2. The van der Waals surface area contributed by atoms with Crippen LogP contribution in [0.4, 0.5) is 0 Å². The molecular weight excluding hydrogens is 192 g/mol. The van der Waals surface area contributed by atoms with Crippen LogP contribution in [0, 0.1) is 0 Å². The monoisotopic (exact) mass is 208 g/mol. The van der Waals surface area contributed by atoms with Crippen LogP contribution in [0.3, 0.4) is 0 Å². The third kappa shape index (κ3) is 5.59. The quantitative estimate of drug-likeness (QED) is 0.599. The van der Waals surface area contributed by atoms with Gasteiger partial charge in [-0.25, -0.2) is 8.42 Å². The second-order valence-electron chi connectivity index (χ2n) is 2.82. The van der Waals surface area contributed by atoms with Gasteiger partial charge in [-0.05, 0) is 6.92 Å². The lowest BCUT2D eigenvalue weighted by Crippen LogP contribution is -2.40. The zero-order chi connectivity index (χ0) is 10.5. The average molecular weight is 208 g/mol. The summed E-state index contributed by atoms with van der Waals surface area (Å²) in [5.74, 6) is -0.255. The van der Waals surface area contributed by atoms with E-state index in [-0.39, 0.29) is 24.0 Å². The number of hydrogen-bond donors (Lipinski definition) is 2. The van der Waals surface area contributed by atoms with Crippen LogP contribution in [0.25, 0.3) is 0 Å². The molecule has 78 valence electrons. The molecule has 0 aliphatic rings. The first kappa shape index (κ1) is 12.4. The molecule has 6 heteroatoms. The molecule has 0 bridgehead atoms. The van der Waals surface area contributed by atoms with Crippen molar-refractivity contribution >= 4 is 15.7 Å². The number of carbonyl (C=O) groups is 1. The van der Waals surface area contributed by atoms with E-state index in [4.69, 9.17) is 5.73 Å². The normalized spacial score (nSPS) is 13.8. The summed E-state index contributed by atoms with van der Waals surface area (Å²) in [6, 6.07) is -0.593. The van der Waals surface area contributed by atoms with Crippen LogP contribution in [0.15, 0.2) is 0 Å². The molecule has 0 fully saturated rings. The highest BCUT2D eigenvalue weighted by Crippen LogP contribution is 1.87. The highest BCUT2D eigenvalue weighted by molar-refractivity contribution is 7.91. The van der Waals surface area contributed by atoms with Gasteiger partial charge in [-0.3, -0.25) is 4.79 Å². The van der Waals surface area contributed by atoms with Crippen LogP contribution in [-0.4, -0.2) is 38.4 Å². The van der Waals surface area contributed by atoms with Crippen molar-refractivity contribution in [3.05, 3.63) is 0 Å². The minimum Gasteiger partial charge on any atom is -0.354 e. The molecule has 0 aliphatic heterocycles. The Kier molecular flexibility index (Phi) is 4.94. The smallest absolute Gasteiger partial charge is 0.236 e. The second kappa shape index (κ2) is 5.18. The fraction of sp³-hybridized carbons (Fsp3) is 0.857. The molecule has 0 heterocycles. The van der Waals surface area contributed by atoms with E-state index in [1.165, 1.54) is 0 Å². The minimum atomic E-state index is -3.00. The van der Waals surface area contributed by atoms with Crippen molar-refractivity contribution in [1.29, 1.82) is 0 Å². The van der Waals surface area contributed by atoms with E-state index in [9.17, 15) is 13.2 Å². The standard InChI is InChI=1S/C7H16N2O3S/c1-3-13(11,12)5-4-9-7(10)6(2)8/h6H,3-5,8H2,1-2H3,(H,9,10)/t6-/m0/s1. The van der Waals surface area contributed by atoms with Crippen LogP contribution in [-0.2, 0) is 14.6 Å². The largest absolute Gasteiger partial charge is 0.354 e. The van der Waals surface area contributed by atoms with Crippen molar-refractivity contribution in [2.75, 3.05) is 18.1 Å². The molecule has 1 amide bonds. The Morgan fingerprint density at radius 2 is 2.08 bits per heavy atom. The maximum Gasteiger partial charge on any atom is 0.236 e. The van der Waals surface area contributed by atoms with Gasteiger partial charge in [0.2, 0.25) is 5.91 Å². The van der Waals surface area contributed by atoms with Crippen LogP contribution in [0.5, 0.6) is 0 Å². The van der Waals surface area contributed by atoms with Crippen LogP contribution < -0.4 is 11.1 Å². The fourth-order valence-corrected chi connectivity index (χ4v) is 1.34. The van der Waals surface area contributed by atoms with Crippen LogP contribution >= 0.6 is 0 Å². The zero-order valence-corrected chi connectivity index (χ0v) is 8.73. The molecule has 3 N–H and O–H groups in total. The maximum absolute atomic E-state index is 11.0. The lowest BCUT2D eigenvalue weighted by molar-refractivity contribution is -0.121. The Morgan fingerprint density at radius 1 is 1.54 bits per heavy atom. The van der Waals surface area contributed by atoms with Gasteiger partial charge in [0.1, 0.15) is 0 Å². The molecule has 0 aromatic carbocycles. The van der Waals surface area contributed by atoms with E-state index in [1.54, 1.807) is 13.8 Å². The zero-order valence-electron chi connectivity index (χ0n) is 7.91. The summed E-state index contributed by atoms with van der Waals surface area (Å²) in [7, 11) is -3.00. The van der Waals surface area contributed by atoms with E-state index in [0.717, 1.165) is 0 Å². The number of sulfone groups is 1. The third-order valence-corrected chi connectivity index (χ3v) is 3.27. The molecule has 0 spiro atoms. The summed E-state index contributed by atoms with van der Waals surface area (Å²) >= 11 is 0. The summed E-state index contributed by atoms with van der Waals surface area (Å²) < 4.78 is 21.9. The number of nitrogens with one attached hydrogen (secondary N) is 1. The van der Waals surface area contributed by atoms with Gasteiger partial charge in [0.05, 0.1) is 11.8 Å². The molecule has 1 atom stereocenters. The number of amides is 1. The van der Waals surface area contributed by atoms with E-state index in [1.807, 2.05) is 0 Å². The molecule has 0 radical (unpaired) electrons. The summed E-state index contributed by atoms with van der Waals surface area (Å²) in [6.07, 6.45) is 0. The van der Waals surface area contributed by atoms with Gasteiger partial charge in [0, 0.05) is 12.3 Å². The topological polar surface area (TPSA) is 89.3 Å². The number of carbonyl (C=O) groups excluding carboxylic acids is 1. The fourth-order valence-electron chi connectivity index (χ4n) is 0.635. The molecule has 5 nitrogen and oxygen atoms in total. The van der Waals surface area contributed by atoms with Gasteiger partial charge in [-0.2, -0.15) is 0 Å². The SMILES string of the molecule is CCS(=O)(=O)CCNC(=O)[C@H](C)N. The van der Waals surface area contributed by atoms with E-state index in [0.29, 0.717) is 0 Å². The molecule has 0 aromatic heterocycles. The Hall–Kier alpha value is -0.620. The summed E-state index contributed by atoms with van der Waals surface area (Å²) in [5.41, 5.74) is 5.26. The lowest BCUT2D eigenvalue weighted by Gasteiger charge is -2.06. The average Bonchev–Trinajstić information content (AvgIpc) is 2.04. The van der Waals surface area contributed by atoms with Crippen molar-refractivity contribution in [3.63, 3.8) is 0 Å². The van der Waals surface area contributed by atoms with Gasteiger partial charge in [0.15, 0.2) is 9.84 Å². The molecule has 0 aliphatic carbocycles. The molecular formula is C7H16N2O3S. The minimum absolute atomic E-state index is 0.0258. The third-order valence-electron chi connectivity index (χ3n) is 1.57. The van der Waals surface area contributed by atoms with Crippen molar-refractivity contribution in [1.82, 2.24) is 5.32 Å². The Bertz CT molecular complexity index is 259.